The SMILES string of the molecule is Cc1ccc([C@H](C=O)C2CCCCC2)cc1. The highest BCUT2D eigenvalue weighted by molar-refractivity contribution is 5.62. The number of benzene rings is 1. The molecule has 0 unspecified atom stereocenters. The van der Waals surface area contributed by atoms with Gasteiger partial charge in [-0.15, -0.1) is 0 Å². The first-order chi connectivity index (χ1) is 7.81. The maximum absolute atomic E-state index is 11.3. The summed E-state index contributed by atoms with van der Waals surface area (Å²) in [6, 6.07) is 8.44. The molecular formula is C15H20O. The van der Waals surface area contributed by atoms with Crippen molar-refractivity contribution >= 4 is 6.29 Å². The highest BCUT2D eigenvalue weighted by atomic mass is 16.1. The third-order valence-electron chi connectivity index (χ3n) is 3.77. The second kappa shape index (κ2) is 5.29. The van der Waals surface area contributed by atoms with Gasteiger partial charge < -0.3 is 4.79 Å². The van der Waals surface area contributed by atoms with E-state index in [0.717, 1.165) is 6.29 Å². The van der Waals surface area contributed by atoms with Gasteiger partial charge >= 0.3 is 0 Å². The zero-order chi connectivity index (χ0) is 11.4. The Morgan fingerprint density at radius 1 is 1.12 bits per heavy atom. The van der Waals surface area contributed by atoms with Crippen LogP contribution in [0.1, 0.15) is 49.1 Å². The van der Waals surface area contributed by atoms with E-state index in [9.17, 15) is 4.79 Å². The minimum absolute atomic E-state index is 0.126. The molecule has 0 aliphatic heterocycles. The minimum Gasteiger partial charge on any atom is -0.303 e. The van der Waals surface area contributed by atoms with Gasteiger partial charge in [-0.25, -0.2) is 0 Å². The van der Waals surface area contributed by atoms with E-state index in [4.69, 9.17) is 0 Å². The number of rotatable bonds is 3. The molecule has 1 aromatic carbocycles. The Labute approximate surface area is 97.9 Å². The molecule has 1 heteroatoms. The van der Waals surface area contributed by atoms with Crippen LogP contribution in [0.3, 0.4) is 0 Å². The van der Waals surface area contributed by atoms with Crippen molar-refractivity contribution in [2.45, 2.75) is 44.9 Å². The lowest BCUT2D eigenvalue weighted by Gasteiger charge is -2.27. The standard InChI is InChI=1S/C15H20O/c1-12-7-9-14(10-8-12)15(11-16)13-5-3-2-4-6-13/h7-11,13,15H,2-6H2,1H3/t15-/m1/s1. The summed E-state index contributed by atoms with van der Waals surface area (Å²) in [7, 11) is 0. The van der Waals surface area contributed by atoms with Gasteiger partial charge in [0, 0.05) is 5.92 Å². The zero-order valence-corrected chi connectivity index (χ0v) is 9.99. The number of hydrogen-bond acceptors (Lipinski definition) is 1. The highest BCUT2D eigenvalue weighted by Gasteiger charge is 2.24. The van der Waals surface area contributed by atoms with Crippen LogP contribution in [0.15, 0.2) is 24.3 Å². The summed E-state index contributed by atoms with van der Waals surface area (Å²) in [5.74, 6) is 0.704. The van der Waals surface area contributed by atoms with Crippen LogP contribution >= 0.6 is 0 Å². The third-order valence-corrected chi connectivity index (χ3v) is 3.77. The Hall–Kier alpha value is -1.11. The number of carbonyl (C=O) groups excluding carboxylic acids is 1. The Morgan fingerprint density at radius 2 is 1.75 bits per heavy atom. The molecule has 1 aromatic rings. The Balaban J connectivity index is 2.14. The summed E-state index contributed by atoms with van der Waals surface area (Å²) in [6.07, 6.45) is 7.52. The fourth-order valence-corrected chi connectivity index (χ4v) is 2.74. The molecular weight excluding hydrogens is 196 g/mol. The topological polar surface area (TPSA) is 17.1 Å². The summed E-state index contributed by atoms with van der Waals surface area (Å²) < 4.78 is 0. The van der Waals surface area contributed by atoms with E-state index >= 15 is 0 Å². The van der Waals surface area contributed by atoms with Crippen LogP contribution in [0, 0.1) is 12.8 Å². The predicted octanol–water partition coefficient (Wildman–Crippen LogP) is 3.86. The van der Waals surface area contributed by atoms with E-state index in [-0.39, 0.29) is 5.92 Å². The van der Waals surface area contributed by atoms with Crippen LogP contribution in [-0.4, -0.2) is 6.29 Å². The van der Waals surface area contributed by atoms with Crippen LogP contribution in [0.4, 0.5) is 0 Å². The maximum atomic E-state index is 11.3. The quantitative estimate of drug-likeness (QED) is 0.701. The van der Waals surface area contributed by atoms with Crippen LogP contribution in [0.2, 0.25) is 0 Å². The molecule has 0 saturated heterocycles. The van der Waals surface area contributed by atoms with Gasteiger partial charge in [-0.05, 0) is 31.2 Å². The Morgan fingerprint density at radius 3 is 2.31 bits per heavy atom. The van der Waals surface area contributed by atoms with Gasteiger partial charge in [-0.3, -0.25) is 0 Å². The molecule has 1 atom stereocenters. The van der Waals surface area contributed by atoms with Crippen molar-refractivity contribution in [2.24, 2.45) is 5.92 Å². The van der Waals surface area contributed by atoms with E-state index < -0.39 is 0 Å². The number of carbonyl (C=O) groups is 1. The maximum Gasteiger partial charge on any atom is 0.127 e. The van der Waals surface area contributed by atoms with Gasteiger partial charge in [0.25, 0.3) is 0 Å². The van der Waals surface area contributed by atoms with Crippen LogP contribution in [0.5, 0.6) is 0 Å². The van der Waals surface area contributed by atoms with Crippen molar-refractivity contribution in [1.82, 2.24) is 0 Å². The first-order valence-electron chi connectivity index (χ1n) is 6.33. The molecule has 0 radical (unpaired) electrons. The lowest BCUT2D eigenvalue weighted by Crippen LogP contribution is -2.17. The molecule has 1 aliphatic rings. The van der Waals surface area contributed by atoms with Crippen LogP contribution < -0.4 is 0 Å². The number of aryl methyl sites for hydroxylation is 1. The molecule has 0 bridgehead atoms. The molecule has 16 heavy (non-hydrogen) atoms. The zero-order valence-electron chi connectivity index (χ0n) is 9.99. The molecule has 0 aromatic heterocycles. The summed E-state index contributed by atoms with van der Waals surface area (Å²) in [4.78, 5) is 11.3. The largest absolute Gasteiger partial charge is 0.303 e. The van der Waals surface area contributed by atoms with Crippen molar-refractivity contribution in [3.05, 3.63) is 35.4 Å². The van der Waals surface area contributed by atoms with Crippen molar-refractivity contribution in [1.29, 1.82) is 0 Å². The molecule has 0 amide bonds. The average molecular weight is 216 g/mol. The minimum atomic E-state index is 0.126. The predicted molar refractivity (Wildman–Crippen MR) is 66.6 cm³/mol. The van der Waals surface area contributed by atoms with E-state index in [0.29, 0.717) is 5.92 Å². The molecule has 0 N–H and O–H groups in total. The second-order valence-electron chi connectivity index (χ2n) is 4.97. The lowest BCUT2D eigenvalue weighted by atomic mass is 9.77. The van der Waals surface area contributed by atoms with Gasteiger partial charge in [0.15, 0.2) is 0 Å². The molecule has 1 nitrogen and oxygen atoms in total. The Bertz CT molecular complexity index is 333. The first kappa shape index (κ1) is 11.4. The summed E-state index contributed by atoms with van der Waals surface area (Å²) >= 11 is 0. The van der Waals surface area contributed by atoms with Gasteiger partial charge in [0.2, 0.25) is 0 Å². The fourth-order valence-electron chi connectivity index (χ4n) is 2.74. The molecule has 86 valence electrons. The van der Waals surface area contributed by atoms with Gasteiger partial charge in [0.1, 0.15) is 6.29 Å². The van der Waals surface area contributed by atoms with Gasteiger partial charge in [0.05, 0.1) is 0 Å². The van der Waals surface area contributed by atoms with Crippen molar-refractivity contribution < 1.29 is 4.79 Å². The van der Waals surface area contributed by atoms with E-state index in [1.807, 2.05) is 0 Å². The smallest absolute Gasteiger partial charge is 0.127 e. The molecule has 0 spiro atoms. The lowest BCUT2D eigenvalue weighted by molar-refractivity contribution is -0.110. The molecule has 0 heterocycles. The van der Waals surface area contributed by atoms with Gasteiger partial charge in [-0.1, -0.05) is 49.1 Å². The fraction of sp³-hybridized carbons (Fsp3) is 0.533. The monoisotopic (exact) mass is 216 g/mol. The average Bonchev–Trinajstić information content (AvgIpc) is 2.34. The highest BCUT2D eigenvalue weighted by Crippen LogP contribution is 2.34. The molecule has 1 aliphatic carbocycles. The van der Waals surface area contributed by atoms with Crippen LogP contribution in [-0.2, 0) is 4.79 Å². The van der Waals surface area contributed by atoms with Crippen molar-refractivity contribution in [3.63, 3.8) is 0 Å². The van der Waals surface area contributed by atoms with Crippen molar-refractivity contribution in [2.75, 3.05) is 0 Å². The van der Waals surface area contributed by atoms with E-state index in [2.05, 4.69) is 31.2 Å². The van der Waals surface area contributed by atoms with Gasteiger partial charge in [-0.2, -0.15) is 0 Å². The van der Waals surface area contributed by atoms with Crippen LogP contribution in [0.25, 0.3) is 0 Å². The number of aldehydes is 1. The van der Waals surface area contributed by atoms with E-state index in [1.165, 1.54) is 43.2 Å². The molecule has 1 fully saturated rings. The third kappa shape index (κ3) is 2.52. The first-order valence-corrected chi connectivity index (χ1v) is 6.33. The Kier molecular flexibility index (Phi) is 3.76. The summed E-state index contributed by atoms with van der Waals surface area (Å²) in [5, 5.41) is 0. The second-order valence-corrected chi connectivity index (χ2v) is 4.97. The normalized spacial score (nSPS) is 19.3. The molecule has 1 saturated carbocycles. The summed E-state index contributed by atoms with van der Waals surface area (Å²) in [5.41, 5.74) is 2.46. The molecule has 2 rings (SSSR count). The number of hydrogen-bond donors (Lipinski definition) is 0. The van der Waals surface area contributed by atoms with E-state index in [1.54, 1.807) is 0 Å². The van der Waals surface area contributed by atoms with Crippen molar-refractivity contribution in [3.8, 4) is 0 Å². The summed E-state index contributed by atoms with van der Waals surface area (Å²) in [6.45, 7) is 2.08.